The number of hydrogen-bond donors (Lipinski definition) is 1. The third kappa shape index (κ3) is 4.68. The lowest BCUT2D eigenvalue weighted by molar-refractivity contribution is -0.143. The zero-order valence-electron chi connectivity index (χ0n) is 17.0. The molecule has 0 aliphatic carbocycles. The molecule has 0 radical (unpaired) electrons. The van der Waals surface area contributed by atoms with Crippen LogP contribution in [0.1, 0.15) is 51.4 Å². The average molecular weight is 473 g/mol. The van der Waals surface area contributed by atoms with Crippen molar-refractivity contribution in [1.82, 2.24) is 14.5 Å². The Morgan fingerprint density at radius 3 is 2.68 bits per heavy atom. The lowest BCUT2D eigenvalue weighted by Crippen LogP contribution is -2.36. The molecule has 1 saturated heterocycles. The molecule has 6 nitrogen and oxygen atoms in total. The van der Waals surface area contributed by atoms with Crippen LogP contribution in [0.25, 0.3) is 0 Å². The number of piperidine rings is 1. The third-order valence-corrected chi connectivity index (χ3v) is 7.85. The van der Waals surface area contributed by atoms with Gasteiger partial charge in [-0.15, -0.1) is 11.3 Å². The van der Waals surface area contributed by atoms with Crippen LogP contribution in [0.2, 0.25) is 0 Å². The summed E-state index contributed by atoms with van der Waals surface area (Å²) in [5.41, 5.74) is -0.800. The Morgan fingerprint density at radius 1 is 1.23 bits per heavy atom. The number of rotatable bonds is 5. The number of thioether (sulfide) groups is 1. The predicted octanol–water partition coefficient (Wildman–Crippen LogP) is 3.95. The van der Waals surface area contributed by atoms with E-state index in [-0.39, 0.29) is 18.0 Å². The second-order valence-electron chi connectivity index (χ2n) is 7.78. The minimum atomic E-state index is -4.71. The monoisotopic (exact) mass is 472 g/mol. The Labute approximate surface area is 186 Å². The molecule has 0 atom stereocenters. The van der Waals surface area contributed by atoms with Crippen molar-refractivity contribution in [2.45, 2.75) is 37.6 Å². The maximum atomic E-state index is 13.6. The molecule has 11 heteroatoms. The predicted molar refractivity (Wildman–Crippen MR) is 115 cm³/mol. The Balaban J connectivity index is 1.66. The molecule has 0 aromatic carbocycles. The van der Waals surface area contributed by atoms with E-state index in [0.29, 0.717) is 17.2 Å². The van der Waals surface area contributed by atoms with Crippen molar-refractivity contribution in [2.24, 2.45) is 7.05 Å². The van der Waals surface area contributed by atoms with Gasteiger partial charge < -0.3 is 9.88 Å². The van der Waals surface area contributed by atoms with E-state index in [0.717, 1.165) is 59.4 Å². The summed E-state index contributed by atoms with van der Waals surface area (Å²) in [6, 6.07) is 0. The van der Waals surface area contributed by atoms with Crippen LogP contribution in [0.4, 0.5) is 18.2 Å². The summed E-state index contributed by atoms with van der Waals surface area (Å²) < 4.78 is 41.5. The number of aryl methyl sites for hydroxylation is 1. The van der Waals surface area contributed by atoms with E-state index in [2.05, 4.69) is 15.2 Å². The fourth-order valence-electron chi connectivity index (χ4n) is 4.10. The average Bonchev–Trinajstić information content (AvgIpc) is 3.28. The molecule has 2 aliphatic heterocycles. The summed E-state index contributed by atoms with van der Waals surface area (Å²) in [7, 11) is 1.22. The molecule has 2 aliphatic rings. The maximum absolute atomic E-state index is 13.6. The van der Waals surface area contributed by atoms with Gasteiger partial charge in [0.15, 0.2) is 5.69 Å². The molecular formula is C20H23F3N4O2S2. The number of likely N-dealkylation sites (tertiary alicyclic amines) is 1. The lowest BCUT2D eigenvalue weighted by Gasteiger charge is -2.25. The van der Waals surface area contributed by atoms with Gasteiger partial charge in [0.05, 0.1) is 18.4 Å². The summed E-state index contributed by atoms with van der Waals surface area (Å²) in [4.78, 5) is 32.7. The smallest absolute Gasteiger partial charge is 0.330 e. The third-order valence-electron chi connectivity index (χ3n) is 5.54. The van der Waals surface area contributed by atoms with E-state index in [9.17, 15) is 22.8 Å². The molecule has 168 valence electrons. The molecule has 0 saturated carbocycles. The van der Waals surface area contributed by atoms with Gasteiger partial charge in [0.1, 0.15) is 10.7 Å². The van der Waals surface area contributed by atoms with Gasteiger partial charge in [-0.1, -0.05) is 6.42 Å². The highest BCUT2D eigenvalue weighted by atomic mass is 32.2. The minimum Gasteiger partial charge on any atom is -0.330 e. The fraction of sp³-hybridized carbons (Fsp3) is 0.550. The van der Waals surface area contributed by atoms with E-state index in [4.69, 9.17) is 0 Å². The normalized spacial score (nSPS) is 17.4. The summed E-state index contributed by atoms with van der Waals surface area (Å²) in [6.07, 6.45) is 0.105. The number of hydrogen-bond acceptors (Lipinski definition) is 6. The van der Waals surface area contributed by atoms with Crippen LogP contribution in [0, 0.1) is 0 Å². The van der Waals surface area contributed by atoms with Crippen LogP contribution in [-0.4, -0.2) is 51.5 Å². The highest BCUT2D eigenvalue weighted by Gasteiger charge is 2.41. The molecular weight excluding hydrogens is 449 g/mol. The van der Waals surface area contributed by atoms with Crippen LogP contribution >= 0.6 is 23.1 Å². The van der Waals surface area contributed by atoms with E-state index in [1.54, 1.807) is 11.8 Å². The molecule has 1 N–H and O–H groups in total. The van der Waals surface area contributed by atoms with Crippen molar-refractivity contribution in [3.63, 3.8) is 0 Å². The Bertz CT molecular complexity index is 993. The number of amides is 1. The molecule has 0 bridgehead atoms. The topological polar surface area (TPSA) is 67.2 Å². The molecule has 1 fully saturated rings. The molecule has 31 heavy (non-hydrogen) atoms. The van der Waals surface area contributed by atoms with Crippen molar-refractivity contribution < 1.29 is 22.8 Å². The number of carbonyl (C=O) groups excluding carboxylic acids is 2. The molecule has 1 amide bonds. The zero-order valence-corrected chi connectivity index (χ0v) is 18.7. The summed E-state index contributed by atoms with van der Waals surface area (Å²) in [5.74, 6) is 0.417. The number of imidazole rings is 1. The highest BCUT2D eigenvalue weighted by Crippen LogP contribution is 2.41. The summed E-state index contributed by atoms with van der Waals surface area (Å²) in [5, 5.41) is 3.15. The van der Waals surface area contributed by atoms with Gasteiger partial charge in [-0.05, 0) is 43.7 Å². The van der Waals surface area contributed by atoms with Gasteiger partial charge in [-0.2, -0.15) is 24.9 Å². The Kier molecular flexibility index (Phi) is 6.45. The van der Waals surface area contributed by atoms with Crippen molar-refractivity contribution in [2.75, 3.05) is 30.7 Å². The molecule has 2 aromatic rings. The van der Waals surface area contributed by atoms with Gasteiger partial charge in [-0.25, -0.2) is 4.98 Å². The highest BCUT2D eigenvalue weighted by molar-refractivity contribution is 7.98. The molecule has 4 heterocycles. The zero-order chi connectivity index (χ0) is 22.2. The number of fused-ring (bicyclic) bond motifs is 1. The number of thiophene rings is 1. The number of carbonyl (C=O) groups is 2. The first-order valence-electron chi connectivity index (χ1n) is 10.1. The van der Waals surface area contributed by atoms with Crippen molar-refractivity contribution in [3.8, 4) is 0 Å². The largest absolute Gasteiger partial charge is 0.433 e. The Morgan fingerprint density at radius 2 is 1.97 bits per heavy atom. The first kappa shape index (κ1) is 22.3. The second kappa shape index (κ2) is 8.95. The number of alkyl halides is 3. The second-order valence-corrected chi connectivity index (χ2v) is 9.99. The van der Waals surface area contributed by atoms with Crippen LogP contribution in [0.15, 0.2) is 6.33 Å². The van der Waals surface area contributed by atoms with Gasteiger partial charge in [-0.3, -0.25) is 14.5 Å². The summed E-state index contributed by atoms with van der Waals surface area (Å²) in [6.45, 7) is 1.90. The van der Waals surface area contributed by atoms with Crippen LogP contribution < -0.4 is 5.32 Å². The minimum absolute atomic E-state index is 0.163. The molecule has 4 rings (SSSR count). The standard InChI is InChI=1S/C20H23F3N4O2S2/c1-26-11-24-16(18(26)20(21,22)23)17(29)15-12-5-8-30-10-13(12)31-19(15)25-14(28)9-27-6-3-2-4-7-27/h11H,2-10H2,1H3,(H,25,28). The number of nitrogens with one attached hydrogen (secondary N) is 1. The quantitative estimate of drug-likeness (QED) is 0.668. The molecule has 2 aromatic heterocycles. The van der Waals surface area contributed by atoms with Crippen molar-refractivity contribution in [1.29, 1.82) is 0 Å². The lowest BCUT2D eigenvalue weighted by atomic mass is 10.0. The first-order valence-corrected chi connectivity index (χ1v) is 12.1. The summed E-state index contributed by atoms with van der Waals surface area (Å²) >= 11 is 2.99. The SMILES string of the molecule is Cn1cnc(C(=O)c2c(NC(=O)CN3CCCCC3)sc3c2CCSC3)c1C(F)(F)F. The number of halogens is 3. The van der Waals surface area contributed by atoms with Crippen LogP contribution in [0.3, 0.4) is 0 Å². The molecule has 0 spiro atoms. The van der Waals surface area contributed by atoms with Gasteiger partial charge in [0.25, 0.3) is 0 Å². The van der Waals surface area contributed by atoms with Crippen molar-refractivity contribution >= 4 is 39.8 Å². The van der Waals surface area contributed by atoms with E-state index < -0.39 is 23.3 Å². The fourth-order valence-corrected chi connectivity index (χ4v) is 6.49. The van der Waals surface area contributed by atoms with Crippen LogP contribution in [0.5, 0.6) is 0 Å². The molecule has 0 unspecified atom stereocenters. The number of anilines is 1. The van der Waals surface area contributed by atoms with Gasteiger partial charge in [0.2, 0.25) is 11.7 Å². The van der Waals surface area contributed by atoms with Crippen LogP contribution in [-0.2, 0) is 30.2 Å². The van der Waals surface area contributed by atoms with Gasteiger partial charge in [0, 0.05) is 17.7 Å². The van der Waals surface area contributed by atoms with Crippen molar-refractivity contribution in [3.05, 3.63) is 33.7 Å². The first-order chi connectivity index (χ1) is 14.8. The number of ketones is 1. The van der Waals surface area contributed by atoms with E-state index in [1.807, 2.05) is 0 Å². The van der Waals surface area contributed by atoms with E-state index >= 15 is 0 Å². The number of aromatic nitrogens is 2. The maximum Gasteiger partial charge on any atom is 0.433 e. The van der Waals surface area contributed by atoms with E-state index in [1.165, 1.54) is 18.4 Å². The van der Waals surface area contributed by atoms with Gasteiger partial charge >= 0.3 is 6.18 Å². The Hall–Kier alpha value is -1.85. The number of nitrogens with zero attached hydrogens (tertiary/aromatic N) is 3.